The predicted molar refractivity (Wildman–Crippen MR) is 125 cm³/mol. The largest absolute Gasteiger partial charge is 2.00 e. The Morgan fingerprint density at radius 1 is 0.629 bits per heavy atom. The minimum absolute atomic E-state index is 0. The number of aliphatic carboxylic acids is 2. The van der Waals surface area contributed by atoms with Crippen molar-refractivity contribution in [3.8, 4) is 0 Å². The summed E-state index contributed by atoms with van der Waals surface area (Å²) in [6.07, 6.45) is 0.520. The summed E-state index contributed by atoms with van der Waals surface area (Å²) >= 11 is 0. The number of aliphatic hydroxyl groups is 2. The molecule has 2 N–H and O–H groups in total. The molecule has 2 aromatic rings. The molecule has 2 unspecified atom stereocenters. The zero-order valence-electron chi connectivity index (χ0n) is 20.6. The fraction of sp³-hybridized carbons (Fsp3) is 0.385. The van der Waals surface area contributed by atoms with Crippen molar-refractivity contribution < 1.29 is 61.3 Å². The van der Waals surface area contributed by atoms with Crippen LogP contribution < -0.4 is 10.2 Å². The Bertz CT molecular complexity index is 769. The molecule has 9 heteroatoms. The summed E-state index contributed by atoms with van der Waals surface area (Å²) in [6, 6.07) is 16.8. The van der Waals surface area contributed by atoms with E-state index in [0.29, 0.717) is 11.1 Å². The average molecular weight is 522 g/mol. The molecule has 0 bridgehead atoms. The fourth-order valence-corrected chi connectivity index (χ4v) is 2.53. The van der Waals surface area contributed by atoms with E-state index in [1.807, 2.05) is 0 Å². The first-order valence-corrected chi connectivity index (χ1v) is 11.0. The molecule has 0 aliphatic rings. The van der Waals surface area contributed by atoms with Gasteiger partial charge in [-0.2, -0.15) is 0 Å². The van der Waals surface area contributed by atoms with Crippen LogP contribution in [0.5, 0.6) is 0 Å². The van der Waals surface area contributed by atoms with Gasteiger partial charge in [-0.1, -0.05) is 74.5 Å². The second-order valence-corrected chi connectivity index (χ2v) is 6.65. The molecule has 8 nitrogen and oxygen atoms in total. The van der Waals surface area contributed by atoms with E-state index in [-0.39, 0.29) is 59.3 Å². The number of hydrogen-bond acceptors (Lipinski definition) is 8. The Labute approximate surface area is 221 Å². The van der Waals surface area contributed by atoms with E-state index in [1.54, 1.807) is 88.4 Å². The number of hydrogen-bond donors (Lipinski definition) is 2. The molecule has 0 fully saturated rings. The van der Waals surface area contributed by atoms with Crippen LogP contribution in [0.4, 0.5) is 0 Å². The van der Waals surface area contributed by atoms with Crippen LogP contribution >= 0.6 is 0 Å². The maximum absolute atomic E-state index is 11.6. The third kappa shape index (κ3) is 15.8. The summed E-state index contributed by atoms with van der Waals surface area (Å²) in [5.74, 6) is -5.43. The van der Waals surface area contributed by atoms with Crippen molar-refractivity contribution in [3.63, 3.8) is 0 Å². The Balaban J connectivity index is -0.000000467. The smallest absolute Gasteiger partial charge is 0.549 e. The van der Waals surface area contributed by atoms with E-state index in [4.69, 9.17) is 10.2 Å². The van der Waals surface area contributed by atoms with Crippen molar-refractivity contribution >= 4 is 23.5 Å². The normalized spacial score (nSPS) is 10.7. The number of ketones is 2. The van der Waals surface area contributed by atoms with Crippen LogP contribution in [0.1, 0.15) is 61.3 Å². The van der Waals surface area contributed by atoms with Crippen molar-refractivity contribution in [2.24, 2.45) is 11.8 Å². The fourth-order valence-electron chi connectivity index (χ4n) is 2.53. The van der Waals surface area contributed by atoms with Crippen LogP contribution in [0.25, 0.3) is 0 Å². The first kappa shape index (κ1) is 36.9. The molecule has 0 heterocycles. The van der Waals surface area contributed by atoms with Crippen molar-refractivity contribution in [2.45, 2.75) is 40.5 Å². The monoisotopic (exact) mass is 522 g/mol. The minimum Gasteiger partial charge on any atom is -0.549 e. The summed E-state index contributed by atoms with van der Waals surface area (Å²) in [7, 11) is 0. The second kappa shape index (κ2) is 23.1. The molecule has 0 aliphatic heterocycles. The van der Waals surface area contributed by atoms with Gasteiger partial charge in [0.15, 0.2) is 11.6 Å². The van der Waals surface area contributed by atoms with E-state index in [1.165, 1.54) is 0 Å². The Kier molecular flexibility index (Phi) is 24.4. The summed E-state index contributed by atoms with van der Waals surface area (Å²) in [6.45, 7) is 7.17. The van der Waals surface area contributed by atoms with Crippen molar-refractivity contribution in [2.75, 3.05) is 13.2 Å². The van der Waals surface area contributed by atoms with Gasteiger partial charge in [-0.15, -0.1) is 0 Å². The molecule has 190 valence electrons. The van der Waals surface area contributed by atoms with Crippen LogP contribution in [0, 0.1) is 11.8 Å². The van der Waals surface area contributed by atoms with Crippen LogP contribution in [-0.2, 0) is 31.3 Å². The van der Waals surface area contributed by atoms with Crippen molar-refractivity contribution in [1.82, 2.24) is 0 Å². The number of carbonyl (C=O) groups is 4. The summed E-state index contributed by atoms with van der Waals surface area (Å²) in [5, 5.41) is 36.4. The Morgan fingerprint density at radius 3 is 1.03 bits per heavy atom. The maximum Gasteiger partial charge on any atom is 2.00 e. The molecule has 0 aliphatic carbocycles. The topological polar surface area (TPSA) is 155 Å². The number of aliphatic hydroxyl groups excluding tert-OH is 2. The quantitative estimate of drug-likeness (QED) is 0.299. The van der Waals surface area contributed by atoms with Crippen LogP contribution in [0.15, 0.2) is 60.7 Å². The van der Waals surface area contributed by atoms with Gasteiger partial charge in [0, 0.05) is 24.3 Å². The number of carboxylic acid groups (broad SMARTS) is 2. The Hall–Kier alpha value is -2.65. The molecule has 35 heavy (non-hydrogen) atoms. The molecule has 2 rings (SSSR count). The number of carboxylic acids is 2. The first-order chi connectivity index (χ1) is 16.2. The number of benzene rings is 2. The van der Waals surface area contributed by atoms with E-state index < -0.39 is 23.8 Å². The maximum atomic E-state index is 11.6. The van der Waals surface area contributed by atoms with Crippen LogP contribution in [0.2, 0.25) is 0 Å². The second-order valence-electron chi connectivity index (χ2n) is 6.65. The SMILES string of the molecule is CCC(C(=O)[O-])C(=O)c1ccccc1.CCC(C(=O)[O-])C(=O)c1ccccc1.CCO.CCO.[Ti+2]. The molecule has 0 saturated heterocycles. The van der Waals surface area contributed by atoms with Gasteiger partial charge < -0.3 is 30.0 Å². The molecule has 0 aromatic heterocycles. The summed E-state index contributed by atoms with van der Waals surface area (Å²) in [4.78, 5) is 44.4. The molecular formula is C26H34O8Ti. The molecule has 0 radical (unpaired) electrons. The van der Waals surface area contributed by atoms with Gasteiger partial charge in [0.05, 0.1) is 23.8 Å². The molecule has 2 aromatic carbocycles. The van der Waals surface area contributed by atoms with E-state index in [2.05, 4.69) is 0 Å². The van der Waals surface area contributed by atoms with Crippen molar-refractivity contribution in [3.05, 3.63) is 71.8 Å². The predicted octanol–water partition coefficient (Wildman–Crippen LogP) is 1.29. The van der Waals surface area contributed by atoms with Gasteiger partial charge >= 0.3 is 21.7 Å². The molecule has 0 saturated carbocycles. The molecular weight excluding hydrogens is 488 g/mol. The number of rotatable bonds is 8. The van der Waals surface area contributed by atoms with Gasteiger partial charge in [0.25, 0.3) is 0 Å². The Morgan fingerprint density at radius 2 is 0.857 bits per heavy atom. The van der Waals surface area contributed by atoms with Gasteiger partial charge in [-0.05, 0) is 26.7 Å². The van der Waals surface area contributed by atoms with Gasteiger partial charge in [0.1, 0.15) is 0 Å². The molecule has 0 amide bonds. The average Bonchev–Trinajstić information content (AvgIpc) is 2.82. The summed E-state index contributed by atoms with van der Waals surface area (Å²) in [5.41, 5.74) is 0.840. The standard InChI is InChI=1S/2C11H12O3.2C2H6O.Ti/c2*1-2-9(11(13)14)10(12)8-6-4-3-5-7-8;2*1-2-3;/h2*3-7,9H,2H2,1H3,(H,13,14);2*3H,2H2,1H3;/q;;;;+2/p-2. The third-order valence-corrected chi connectivity index (χ3v) is 4.14. The van der Waals surface area contributed by atoms with Crippen LogP contribution in [-0.4, -0.2) is 46.9 Å². The van der Waals surface area contributed by atoms with Gasteiger partial charge in [-0.25, -0.2) is 0 Å². The van der Waals surface area contributed by atoms with Gasteiger partial charge in [0.2, 0.25) is 0 Å². The van der Waals surface area contributed by atoms with E-state index in [9.17, 15) is 29.4 Å². The number of carbonyl (C=O) groups excluding carboxylic acids is 4. The van der Waals surface area contributed by atoms with Gasteiger partial charge in [-0.3, -0.25) is 9.59 Å². The number of Topliss-reactive ketones (excluding diaryl/α,β-unsaturated/α-hetero) is 2. The summed E-state index contributed by atoms with van der Waals surface area (Å²) < 4.78 is 0. The van der Waals surface area contributed by atoms with Crippen molar-refractivity contribution in [1.29, 1.82) is 0 Å². The zero-order chi connectivity index (χ0) is 26.5. The first-order valence-electron chi connectivity index (χ1n) is 11.0. The zero-order valence-corrected chi connectivity index (χ0v) is 22.2. The van der Waals surface area contributed by atoms with E-state index >= 15 is 0 Å². The van der Waals surface area contributed by atoms with E-state index in [0.717, 1.165) is 0 Å². The van der Waals surface area contributed by atoms with Crippen LogP contribution in [0.3, 0.4) is 0 Å². The third-order valence-electron chi connectivity index (χ3n) is 4.14. The molecule has 0 spiro atoms. The minimum atomic E-state index is -1.30. The molecule has 2 atom stereocenters.